The van der Waals surface area contributed by atoms with E-state index < -0.39 is 0 Å². The fraction of sp³-hybridized carbons (Fsp3) is 0.500. The zero-order valence-electron chi connectivity index (χ0n) is 13.9. The summed E-state index contributed by atoms with van der Waals surface area (Å²) >= 11 is 3.36. The van der Waals surface area contributed by atoms with Crippen molar-refractivity contribution in [2.45, 2.75) is 40.0 Å². The number of carbonyl (C=O) groups is 3. The molecule has 2 atom stereocenters. The first kappa shape index (κ1) is 19.6. The van der Waals surface area contributed by atoms with Crippen molar-refractivity contribution in [3.8, 4) is 0 Å². The number of amides is 1. The van der Waals surface area contributed by atoms with Crippen LogP contribution in [0.5, 0.6) is 0 Å². The fourth-order valence-electron chi connectivity index (χ4n) is 2.33. The summed E-state index contributed by atoms with van der Waals surface area (Å²) in [5.74, 6) is -0.560. The van der Waals surface area contributed by atoms with Crippen molar-refractivity contribution in [3.05, 3.63) is 34.3 Å². The molecule has 0 aromatic heterocycles. The maximum absolute atomic E-state index is 12.3. The van der Waals surface area contributed by atoms with Gasteiger partial charge in [0.2, 0.25) is 5.91 Å². The van der Waals surface area contributed by atoms with Crippen molar-refractivity contribution in [1.82, 2.24) is 5.32 Å². The molecule has 4 nitrogen and oxygen atoms in total. The Bertz CT molecular complexity index is 554. The molecule has 5 heteroatoms. The van der Waals surface area contributed by atoms with E-state index in [1.807, 2.05) is 38.1 Å². The van der Waals surface area contributed by atoms with Crippen molar-refractivity contribution in [2.24, 2.45) is 11.8 Å². The molecule has 0 aliphatic carbocycles. The number of hydrogen-bond donors (Lipinski definition) is 1. The van der Waals surface area contributed by atoms with Crippen molar-refractivity contribution >= 4 is 33.4 Å². The molecule has 0 bridgehead atoms. The Labute approximate surface area is 146 Å². The minimum atomic E-state index is -0.387. The lowest BCUT2D eigenvalue weighted by atomic mass is 9.85. The Balaban J connectivity index is 2.68. The average molecular weight is 382 g/mol. The molecule has 1 aromatic carbocycles. The first-order chi connectivity index (χ1) is 10.8. The minimum absolute atomic E-state index is 0.0205. The number of halogens is 1. The molecule has 0 radical (unpaired) electrons. The van der Waals surface area contributed by atoms with E-state index in [1.54, 1.807) is 0 Å². The van der Waals surface area contributed by atoms with Crippen LogP contribution in [0.2, 0.25) is 0 Å². The minimum Gasteiger partial charge on any atom is -0.349 e. The summed E-state index contributed by atoms with van der Waals surface area (Å²) in [7, 11) is 0. The summed E-state index contributed by atoms with van der Waals surface area (Å²) in [6, 6.07) is 7.59. The van der Waals surface area contributed by atoms with Gasteiger partial charge >= 0.3 is 0 Å². The van der Waals surface area contributed by atoms with Crippen molar-refractivity contribution in [1.29, 1.82) is 0 Å². The van der Waals surface area contributed by atoms with E-state index in [9.17, 15) is 14.4 Å². The first-order valence-corrected chi connectivity index (χ1v) is 8.66. The number of nitrogens with one attached hydrogen (secondary N) is 1. The molecular formula is C18H24BrNO3. The molecular weight excluding hydrogens is 358 g/mol. The Hall–Kier alpha value is -1.49. The van der Waals surface area contributed by atoms with E-state index >= 15 is 0 Å². The molecule has 1 rings (SSSR count). The van der Waals surface area contributed by atoms with E-state index in [1.165, 1.54) is 6.92 Å². The fourth-order valence-corrected chi connectivity index (χ4v) is 2.59. The highest BCUT2D eigenvalue weighted by Crippen LogP contribution is 2.21. The molecule has 0 heterocycles. The third-order valence-electron chi connectivity index (χ3n) is 3.94. The Kier molecular flexibility index (Phi) is 8.17. The molecule has 126 valence electrons. The lowest BCUT2D eigenvalue weighted by Gasteiger charge is -2.21. The number of carbonyl (C=O) groups excluding carboxylic acids is 3. The second-order valence-corrected chi connectivity index (χ2v) is 6.87. The predicted octanol–water partition coefficient (Wildman–Crippen LogP) is 3.32. The summed E-state index contributed by atoms with van der Waals surface area (Å²) in [4.78, 5) is 35.6. The molecule has 0 aliphatic heterocycles. The Morgan fingerprint density at radius 2 is 1.78 bits per heavy atom. The van der Waals surface area contributed by atoms with Crippen LogP contribution in [0, 0.1) is 11.8 Å². The molecule has 0 unspecified atom stereocenters. The molecule has 0 aliphatic rings. The van der Waals surface area contributed by atoms with Gasteiger partial charge in [-0.05, 0) is 30.5 Å². The van der Waals surface area contributed by atoms with Gasteiger partial charge in [0.25, 0.3) is 0 Å². The van der Waals surface area contributed by atoms with E-state index in [0.29, 0.717) is 6.42 Å². The first-order valence-electron chi connectivity index (χ1n) is 7.86. The SMILES string of the molecule is CC[C@H](C)[C@H](CC(=O)Cc1ccc(Br)cc1)C(=O)NCC(C)=O. The highest BCUT2D eigenvalue weighted by Gasteiger charge is 2.26. The average Bonchev–Trinajstić information content (AvgIpc) is 2.51. The maximum Gasteiger partial charge on any atom is 0.224 e. The van der Waals surface area contributed by atoms with Gasteiger partial charge in [-0.15, -0.1) is 0 Å². The van der Waals surface area contributed by atoms with Crippen molar-refractivity contribution in [3.63, 3.8) is 0 Å². The summed E-state index contributed by atoms with van der Waals surface area (Å²) in [6.07, 6.45) is 1.33. The second kappa shape index (κ2) is 9.60. The van der Waals surface area contributed by atoms with Crippen LogP contribution in [0.3, 0.4) is 0 Å². The zero-order chi connectivity index (χ0) is 17.4. The Morgan fingerprint density at radius 1 is 1.17 bits per heavy atom. The van der Waals surface area contributed by atoms with Crippen LogP contribution in [0.25, 0.3) is 0 Å². The van der Waals surface area contributed by atoms with Gasteiger partial charge < -0.3 is 5.32 Å². The van der Waals surface area contributed by atoms with E-state index in [-0.39, 0.29) is 42.3 Å². The van der Waals surface area contributed by atoms with Gasteiger partial charge in [-0.25, -0.2) is 0 Å². The summed E-state index contributed by atoms with van der Waals surface area (Å²) in [5.41, 5.74) is 0.935. The molecule has 23 heavy (non-hydrogen) atoms. The smallest absolute Gasteiger partial charge is 0.224 e. The van der Waals surface area contributed by atoms with Gasteiger partial charge in [-0.2, -0.15) is 0 Å². The normalized spacial score (nSPS) is 13.2. The van der Waals surface area contributed by atoms with Crippen molar-refractivity contribution in [2.75, 3.05) is 6.54 Å². The third-order valence-corrected chi connectivity index (χ3v) is 4.47. The van der Waals surface area contributed by atoms with Gasteiger partial charge in [-0.3, -0.25) is 14.4 Å². The summed E-state index contributed by atoms with van der Waals surface area (Å²) in [6.45, 7) is 5.41. The van der Waals surface area contributed by atoms with Crippen LogP contribution in [-0.4, -0.2) is 24.0 Å². The number of hydrogen-bond acceptors (Lipinski definition) is 3. The van der Waals surface area contributed by atoms with E-state index in [0.717, 1.165) is 16.5 Å². The van der Waals surface area contributed by atoms with Gasteiger partial charge in [0.05, 0.1) is 6.54 Å². The topological polar surface area (TPSA) is 63.2 Å². The van der Waals surface area contributed by atoms with E-state index in [4.69, 9.17) is 0 Å². The van der Waals surface area contributed by atoms with Crippen LogP contribution in [0.4, 0.5) is 0 Å². The molecule has 0 saturated carbocycles. The van der Waals surface area contributed by atoms with Crippen LogP contribution < -0.4 is 5.32 Å². The van der Waals surface area contributed by atoms with E-state index in [2.05, 4.69) is 21.2 Å². The maximum atomic E-state index is 12.3. The largest absolute Gasteiger partial charge is 0.349 e. The monoisotopic (exact) mass is 381 g/mol. The number of benzene rings is 1. The highest BCUT2D eigenvalue weighted by atomic mass is 79.9. The standard InChI is InChI=1S/C18H24BrNO3/c1-4-12(2)17(18(23)20-11-13(3)21)10-16(22)9-14-5-7-15(19)8-6-14/h5-8,12,17H,4,9-11H2,1-3H3,(H,20,23)/t12-,17-/m0/s1. The van der Waals surface area contributed by atoms with Crippen molar-refractivity contribution < 1.29 is 14.4 Å². The van der Waals surface area contributed by atoms with Crippen LogP contribution in [0.15, 0.2) is 28.7 Å². The Morgan fingerprint density at radius 3 is 2.30 bits per heavy atom. The third kappa shape index (κ3) is 7.08. The predicted molar refractivity (Wildman–Crippen MR) is 94.1 cm³/mol. The quantitative estimate of drug-likeness (QED) is 0.713. The molecule has 0 spiro atoms. The van der Waals surface area contributed by atoms with Gasteiger partial charge in [-0.1, -0.05) is 48.3 Å². The highest BCUT2D eigenvalue weighted by molar-refractivity contribution is 9.10. The lowest BCUT2D eigenvalue weighted by molar-refractivity contribution is -0.132. The molecule has 1 aromatic rings. The zero-order valence-corrected chi connectivity index (χ0v) is 15.5. The number of Topliss-reactive ketones (excluding diaryl/α,β-unsaturated/α-hetero) is 2. The van der Waals surface area contributed by atoms with Crippen LogP contribution in [-0.2, 0) is 20.8 Å². The molecule has 0 saturated heterocycles. The molecule has 1 N–H and O–H groups in total. The van der Waals surface area contributed by atoms with Crippen LogP contribution >= 0.6 is 15.9 Å². The molecule has 1 amide bonds. The van der Waals surface area contributed by atoms with Gasteiger partial charge in [0.15, 0.2) is 0 Å². The number of rotatable bonds is 9. The summed E-state index contributed by atoms with van der Waals surface area (Å²) < 4.78 is 0.967. The summed E-state index contributed by atoms with van der Waals surface area (Å²) in [5, 5.41) is 2.63. The number of ketones is 2. The van der Waals surface area contributed by atoms with Gasteiger partial charge in [0.1, 0.15) is 11.6 Å². The molecule has 0 fully saturated rings. The van der Waals surface area contributed by atoms with Crippen LogP contribution in [0.1, 0.15) is 39.2 Å². The lowest BCUT2D eigenvalue weighted by Crippen LogP contribution is -2.38. The van der Waals surface area contributed by atoms with Gasteiger partial charge in [0, 0.05) is 23.2 Å². The second-order valence-electron chi connectivity index (χ2n) is 5.96.